The van der Waals surface area contributed by atoms with E-state index < -0.39 is 5.79 Å². The van der Waals surface area contributed by atoms with E-state index >= 15 is 0 Å². The quantitative estimate of drug-likeness (QED) is 0.390. The van der Waals surface area contributed by atoms with Gasteiger partial charge < -0.3 is 23.8 Å². The average molecular weight is 504 g/mol. The van der Waals surface area contributed by atoms with Crippen LogP contribution in [-0.4, -0.2) is 60.1 Å². The Bertz CT molecular complexity index is 890. The third-order valence-corrected chi connectivity index (χ3v) is 8.07. The fraction of sp³-hybridized carbons (Fsp3) is 0.630. The lowest BCUT2D eigenvalue weighted by molar-refractivity contribution is -0.306. The number of methoxy groups -OCH3 is 2. The first kappa shape index (κ1) is 26.0. The van der Waals surface area contributed by atoms with Crippen LogP contribution in [0, 0.1) is 0 Å². The van der Waals surface area contributed by atoms with Gasteiger partial charge >= 0.3 is 5.97 Å². The smallest absolute Gasteiger partial charge is 0.306 e. The SMILES string of the molecule is COc1ccc(CN2C(=O)SC[C@H]2[C@@]2(OC)CC3C[C@@H](CCCC=CCCCCC(=O)O3)O2)cc1. The largest absolute Gasteiger partial charge is 0.497 e. The molecular formula is C27H37NO6S. The summed E-state index contributed by atoms with van der Waals surface area (Å²) in [6.07, 6.45) is 11.2. The Labute approximate surface area is 212 Å². The minimum Gasteiger partial charge on any atom is -0.497 e. The molecule has 0 spiro atoms. The van der Waals surface area contributed by atoms with Crippen LogP contribution < -0.4 is 4.74 Å². The standard InChI is InChI=1S/C27H37NO6S/c1-31-21-14-12-20(13-15-21)18-28-24(19-35-26(28)30)27(32-2)17-23-16-22(34-27)10-8-6-4-3-5-7-9-11-25(29)33-23/h3-4,12-15,22-24H,5-11,16-19H2,1-2H3/t22-,23?,24+,27-/m1/s1. The highest BCUT2D eigenvalue weighted by Crippen LogP contribution is 2.43. The van der Waals surface area contributed by atoms with E-state index in [0.717, 1.165) is 49.8 Å². The number of thioether (sulfide) groups is 1. The van der Waals surface area contributed by atoms with Crippen molar-refractivity contribution in [1.29, 1.82) is 0 Å². The van der Waals surface area contributed by atoms with Gasteiger partial charge in [-0.3, -0.25) is 9.59 Å². The van der Waals surface area contributed by atoms with Crippen LogP contribution in [0.3, 0.4) is 0 Å². The third-order valence-electron chi connectivity index (χ3n) is 7.11. The molecule has 3 aliphatic rings. The lowest BCUT2D eigenvalue weighted by atomic mass is 9.90. The number of nitrogens with zero attached hydrogens (tertiary/aromatic N) is 1. The van der Waals surface area contributed by atoms with E-state index in [1.54, 1.807) is 14.2 Å². The van der Waals surface area contributed by atoms with E-state index in [-0.39, 0.29) is 29.5 Å². The van der Waals surface area contributed by atoms with Gasteiger partial charge in [0.2, 0.25) is 0 Å². The van der Waals surface area contributed by atoms with Gasteiger partial charge in [0.05, 0.1) is 19.3 Å². The summed E-state index contributed by atoms with van der Waals surface area (Å²) in [5, 5.41) is 0.00814. The molecule has 7 nitrogen and oxygen atoms in total. The molecular weight excluding hydrogens is 466 g/mol. The topological polar surface area (TPSA) is 74.3 Å². The van der Waals surface area contributed by atoms with Crippen molar-refractivity contribution >= 4 is 23.0 Å². The normalized spacial score (nSPS) is 30.6. The molecule has 2 bridgehead atoms. The third kappa shape index (κ3) is 6.60. The number of fused-ring (bicyclic) bond motifs is 2. The van der Waals surface area contributed by atoms with Gasteiger partial charge in [-0.25, -0.2) is 0 Å². The van der Waals surface area contributed by atoms with Gasteiger partial charge in [-0.05, 0) is 56.2 Å². The van der Waals surface area contributed by atoms with E-state index in [1.807, 2.05) is 29.2 Å². The van der Waals surface area contributed by atoms with Gasteiger partial charge in [0.25, 0.3) is 5.24 Å². The number of ether oxygens (including phenoxy) is 4. The number of hydrogen-bond acceptors (Lipinski definition) is 7. The van der Waals surface area contributed by atoms with Gasteiger partial charge in [-0.2, -0.15) is 0 Å². The number of allylic oxidation sites excluding steroid dienone is 2. The van der Waals surface area contributed by atoms with E-state index in [0.29, 0.717) is 31.6 Å². The van der Waals surface area contributed by atoms with Crippen molar-refractivity contribution in [2.75, 3.05) is 20.0 Å². The Morgan fingerprint density at radius 1 is 1.06 bits per heavy atom. The summed E-state index contributed by atoms with van der Waals surface area (Å²) in [7, 11) is 3.28. The van der Waals surface area contributed by atoms with Crippen LogP contribution in [0.15, 0.2) is 36.4 Å². The molecule has 0 aliphatic carbocycles. The zero-order valence-corrected chi connectivity index (χ0v) is 21.6. The lowest BCUT2D eigenvalue weighted by Crippen LogP contribution is -2.60. The number of esters is 1. The first-order chi connectivity index (χ1) is 17.0. The molecule has 2 saturated heterocycles. The molecule has 192 valence electrons. The minimum atomic E-state index is -1.02. The molecule has 0 saturated carbocycles. The summed E-state index contributed by atoms with van der Waals surface area (Å²) in [4.78, 5) is 27.4. The molecule has 3 aliphatic heterocycles. The van der Waals surface area contributed by atoms with Crippen molar-refractivity contribution in [3.63, 3.8) is 0 Å². The predicted molar refractivity (Wildman–Crippen MR) is 135 cm³/mol. The van der Waals surface area contributed by atoms with Gasteiger partial charge in [0.15, 0.2) is 5.79 Å². The van der Waals surface area contributed by atoms with Crippen LogP contribution in [0.25, 0.3) is 0 Å². The maximum atomic E-state index is 12.9. The molecule has 4 rings (SSSR count). The molecule has 8 heteroatoms. The highest BCUT2D eigenvalue weighted by Gasteiger charge is 2.54. The fourth-order valence-corrected chi connectivity index (χ4v) is 6.31. The van der Waals surface area contributed by atoms with E-state index in [4.69, 9.17) is 18.9 Å². The molecule has 3 heterocycles. The number of carbonyl (C=O) groups is 2. The zero-order valence-electron chi connectivity index (χ0n) is 20.8. The molecule has 1 aromatic rings. The van der Waals surface area contributed by atoms with Gasteiger partial charge in [-0.1, -0.05) is 36.0 Å². The number of amides is 1. The molecule has 1 amide bonds. The second-order valence-corrected chi connectivity index (χ2v) is 10.5. The van der Waals surface area contributed by atoms with Crippen molar-refractivity contribution in [3.8, 4) is 5.75 Å². The molecule has 0 radical (unpaired) electrons. The summed E-state index contributed by atoms with van der Waals surface area (Å²) >= 11 is 1.29. The van der Waals surface area contributed by atoms with Crippen molar-refractivity contribution < 1.29 is 28.5 Å². The summed E-state index contributed by atoms with van der Waals surface area (Å²) in [6.45, 7) is 0.453. The number of rotatable bonds is 5. The summed E-state index contributed by atoms with van der Waals surface area (Å²) in [5.74, 6) is 0.165. The van der Waals surface area contributed by atoms with Crippen LogP contribution in [0.2, 0.25) is 0 Å². The van der Waals surface area contributed by atoms with Crippen LogP contribution in [0.1, 0.15) is 63.4 Å². The lowest BCUT2D eigenvalue weighted by Gasteiger charge is -2.48. The van der Waals surface area contributed by atoms with E-state index in [9.17, 15) is 9.59 Å². The highest BCUT2D eigenvalue weighted by molar-refractivity contribution is 8.13. The van der Waals surface area contributed by atoms with Gasteiger partial charge in [-0.15, -0.1) is 0 Å². The molecule has 2 fully saturated rings. The van der Waals surface area contributed by atoms with Crippen molar-refractivity contribution in [3.05, 3.63) is 42.0 Å². The molecule has 1 unspecified atom stereocenters. The Kier molecular flexibility index (Phi) is 9.14. The second-order valence-electron chi connectivity index (χ2n) is 9.52. The van der Waals surface area contributed by atoms with Crippen molar-refractivity contribution in [2.24, 2.45) is 0 Å². The maximum Gasteiger partial charge on any atom is 0.306 e. The van der Waals surface area contributed by atoms with Crippen LogP contribution in [0.5, 0.6) is 5.75 Å². The summed E-state index contributed by atoms with van der Waals surface area (Å²) in [6, 6.07) is 7.46. The molecule has 35 heavy (non-hydrogen) atoms. The van der Waals surface area contributed by atoms with Crippen molar-refractivity contribution in [2.45, 2.75) is 88.4 Å². The molecule has 0 N–H and O–H groups in total. The zero-order chi connectivity index (χ0) is 24.7. The Hall–Kier alpha value is -2.03. The molecule has 0 aromatic heterocycles. The predicted octanol–water partition coefficient (Wildman–Crippen LogP) is 5.47. The number of carbonyl (C=O) groups excluding carboxylic acids is 2. The Morgan fingerprint density at radius 2 is 1.83 bits per heavy atom. The molecule has 4 atom stereocenters. The Balaban J connectivity index is 1.55. The van der Waals surface area contributed by atoms with Gasteiger partial charge in [0.1, 0.15) is 11.9 Å². The van der Waals surface area contributed by atoms with E-state index in [1.165, 1.54) is 11.8 Å². The summed E-state index contributed by atoms with van der Waals surface area (Å²) < 4.78 is 24.0. The van der Waals surface area contributed by atoms with Crippen LogP contribution in [-0.2, 0) is 25.5 Å². The first-order valence-electron chi connectivity index (χ1n) is 12.7. The molecule has 1 aromatic carbocycles. The van der Waals surface area contributed by atoms with E-state index in [2.05, 4.69) is 12.2 Å². The monoisotopic (exact) mass is 503 g/mol. The van der Waals surface area contributed by atoms with Gasteiger partial charge in [0, 0.05) is 38.7 Å². The first-order valence-corrected chi connectivity index (χ1v) is 13.7. The second kappa shape index (κ2) is 12.3. The highest BCUT2D eigenvalue weighted by atomic mass is 32.2. The fourth-order valence-electron chi connectivity index (χ4n) is 5.21. The van der Waals surface area contributed by atoms with Crippen molar-refractivity contribution in [1.82, 2.24) is 4.90 Å². The minimum absolute atomic E-state index is 0.00814. The maximum absolute atomic E-state index is 12.9. The number of benzene rings is 1. The van der Waals surface area contributed by atoms with Crippen LogP contribution in [0.4, 0.5) is 4.79 Å². The number of hydrogen-bond donors (Lipinski definition) is 0. The summed E-state index contributed by atoms with van der Waals surface area (Å²) in [5.41, 5.74) is 1.01. The average Bonchev–Trinajstić information content (AvgIpc) is 3.23. The Morgan fingerprint density at radius 3 is 2.57 bits per heavy atom. The van der Waals surface area contributed by atoms with Crippen LogP contribution >= 0.6 is 11.8 Å².